The van der Waals surface area contributed by atoms with Gasteiger partial charge in [0.1, 0.15) is 0 Å². The van der Waals surface area contributed by atoms with E-state index >= 15 is 0 Å². The highest BCUT2D eigenvalue weighted by molar-refractivity contribution is 6.30. The number of nitrogen functional groups attached to an aromatic ring is 1. The van der Waals surface area contributed by atoms with Crippen molar-refractivity contribution in [2.24, 2.45) is 0 Å². The Bertz CT molecular complexity index is 444. The van der Waals surface area contributed by atoms with Gasteiger partial charge in [-0.15, -0.1) is 0 Å². The second kappa shape index (κ2) is 5.44. The molecule has 3 N–H and O–H groups in total. The molecule has 0 saturated carbocycles. The van der Waals surface area contributed by atoms with Crippen LogP contribution in [0.2, 0.25) is 5.02 Å². The van der Waals surface area contributed by atoms with Crippen LogP contribution in [0.15, 0.2) is 12.3 Å². The molecule has 6 heteroatoms. The summed E-state index contributed by atoms with van der Waals surface area (Å²) in [5, 5.41) is 3.48. The largest absolute Gasteiger partial charge is 0.396 e. The molecule has 2 rings (SSSR count). The minimum atomic E-state index is 0.0255. The monoisotopic (exact) mass is 268 g/mol. The molecule has 0 aromatic carbocycles. The number of aromatic nitrogens is 1. The quantitative estimate of drug-likeness (QED) is 0.851. The van der Waals surface area contributed by atoms with Crippen molar-refractivity contribution in [2.45, 2.75) is 25.8 Å². The summed E-state index contributed by atoms with van der Waals surface area (Å²) in [5.41, 5.74) is 6.51. The first-order valence-corrected chi connectivity index (χ1v) is 6.37. The summed E-state index contributed by atoms with van der Waals surface area (Å²) < 4.78 is 0. The van der Waals surface area contributed by atoms with Crippen LogP contribution < -0.4 is 16.0 Å². The fourth-order valence-electron chi connectivity index (χ4n) is 2.24. The van der Waals surface area contributed by atoms with Gasteiger partial charge in [0, 0.05) is 32.3 Å². The van der Waals surface area contributed by atoms with Crippen LogP contribution in [0.25, 0.3) is 0 Å². The lowest BCUT2D eigenvalue weighted by Gasteiger charge is -2.33. The summed E-state index contributed by atoms with van der Waals surface area (Å²) in [5.74, 6) is 0.804. The van der Waals surface area contributed by atoms with Crippen LogP contribution in [0.4, 0.5) is 11.5 Å². The van der Waals surface area contributed by atoms with Crippen molar-refractivity contribution in [1.29, 1.82) is 0 Å². The molecular formula is C12H17ClN4O. The van der Waals surface area contributed by atoms with E-state index in [2.05, 4.69) is 15.2 Å². The minimum absolute atomic E-state index is 0.0255. The number of carbonyl (C=O) groups excluding carboxylic acids is 1. The first-order chi connectivity index (χ1) is 8.56. The van der Waals surface area contributed by atoms with Crippen LogP contribution in [-0.4, -0.2) is 30.0 Å². The van der Waals surface area contributed by atoms with E-state index in [0.717, 1.165) is 31.7 Å². The van der Waals surface area contributed by atoms with Crippen molar-refractivity contribution in [3.8, 4) is 0 Å². The molecule has 18 heavy (non-hydrogen) atoms. The van der Waals surface area contributed by atoms with Gasteiger partial charge in [-0.3, -0.25) is 4.79 Å². The van der Waals surface area contributed by atoms with Gasteiger partial charge in [0.05, 0.1) is 10.7 Å². The molecule has 98 valence electrons. The number of nitrogens with two attached hydrogens (primary N) is 1. The fraction of sp³-hybridized carbons (Fsp3) is 0.500. The summed E-state index contributed by atoms with van der Waals surface area (Å²) in [7, 11) is 0. The lowest BCUT2D eigenvalue weighted by atomic mass is 10.0. The molecule has 1 aliphatic heterocycles. The van der Waals surface area contributed by atoms with E-state index in [0.29, 0.717) is 10.7 Å². The van der Waals surface area contributed by atoms with E-state index in [1.807, 2.05) is 0 Å². The van der Waals surface area contributed by atoms with Gasteiger partial charge in [-0.25, -0.2) is 4.98 Å². The van der Waals surface area contributed by atoms with Gasteiger partial charge in [-0.1, -0.05) is 11.6 Å². The average molecular weight is 269 g/mol. The Labute approximate surface area is 111 Å². The SMILES string of the molecule is CC(=O)NC1CCN(c2ncc(Cl)cc2N)CC1. The molecule has 1 saturated heterocycles. The maximum Gasteiger partial charge on any atom is 0.217 e. The highest BCUT2D eigenvalue weighted by Gasteiger charge is 2.21. The molecule has 1 amide bonds. The molecule has 1 aromatic rings. The zero-order chi connectivity index (χ0) is 13.1. The molecule has 2 heterocycles. The zero-order valence-electron chi connectivity index (χ0n) is 10.3. The Hall–Kier alpha value is -1.49. The number of piperidine rings is 1. The molecule has 0 unspecified atom stereocenters. The highest BCUT2D eigenvalue weighted by Crippen LogP contribution is 2.26. The second-order valence-corrected chi connectivity index (χ2v) is 4.96. The molecule has 1 aromatic heterocycles. The molecule has 0 radical (unpaired) electrons. The van der Waals surface area contributed by atoms with Gasteiger partial charge in [0.2, 0.25) is 5.91 Å². The summed E-state index contributed by atoms with van der Waals surface area (Å²) in [4.78, 5) is 17.4. The third-order valence-corrected chi connectivity index (χ3v) is 3.27. The maximum absolute atomic E-state index is 11.0. The minimum Gasteiger partial charge on any atom is -0.396 e. The van der Waals surface area contributed by atoms with E-state index in [-0.39, 0.29) is 11.9 Å². The van der Waals surface area contributed by atoms with E-state index in [1.165, 1.54) is 0 Å². The Morgan fingerprint density at radius 3 is 2.78 bits per heavy atom. The second-order valence-electron chi connectivity index (χ2n) is 4.53. The summed E-state index contributed by atoms with van der Waals surface area (Å²) in [6.07, 6.45) is 3.42. The first-order valence-electron chi connectivity index (χ1n) is 5.99. The molecule has 0 atom stereocenters. The van der Waals surface area contributed by atoms with Crippen molar-refractivity contribution in [3.63, 3.8) is 0 Å². The number of nitrogens with one attached hydrogen (secondary N) is 1. The van der Waals surface area contributed by atoms with Gasteiger partial charge in [0.15, 0.2) is 5.82 Å². The number of nitrogens with zero attached hydrogens (tertiary/aromatic N) is 2. The zero-order valence-corrected chi connectivity index (χ0v) is 11.1. The average Bonchev–Trinajstić information content (AvgIpc) is 2.30. The highest BCUT2D eigenvalue weighted by atomic mass is 35.5. The third-order valence-electron chi connectivity index (χ3n) is 3.06. The molecule has 0 bridgehead atoms. The van der Waals surface area contributed by atoms with Crippen molar-refractivity contribution < 1.29 is 4.79 Å². The van der Waals surface area contributed by atoms with Crippen LogP contribution >= 0.6 is 11.6 Å². The van der Waals surface area contributed by atoms with Crippen molar-refractivity contribution in [3.05, 3.63) is 17.3 Å². The Kier molecular flexibility index (Phi) is 3.91. The molecule has 0 aliphatic carbocycles. The van der Waals surface area contributed by atoms with Gasteiger partial charge in [-0.2, -0.15) is 0 Å². The standard InChI is InChI=1S/C12H17ClN4O/c1-8(18)16-10-2-4-17(5-3-10)12-11(14)6-9(13)7-15-12/h6-7,10H,2-5,14H2,1H3,(H,16,18). The van der Waals surface area contributed by atoms with Gasteiger partial charge in [-0.05, 0) is 18.9 Å². The maximum atomic E-state index is 11.0. The van der Waals surface area contributed by atoms with E-state index in [9.17, 15) is 4.79 Å². The lowest BCUT2D eigenvalue weighted by molar-refractivity contribution is -0.119. The number of amides is 1. The van der Waals surface area contributed by atoms with Crippen LogP contribution in [-0.2, 0) is 4.79 Å². The van der Waals surface area contributed by atoms with E-state index in [1.54, 1.807) is 19.2 Å². The molecular weight excluding hydrogens is 252 g/mol. The molecule has 0 spiro atoms. The summed E-state index contributed by atoms with van der Waals surface area (Å²) in [6, 6.07) is 1.97. The van der Waals surface area contributed by atoms with Gasteiger partial charge < -0.3 is 16.0 Å². The summed E-state index contributed by atoms with van der Waals surface area (Å²) in [6.45, 7) is 3.22. The Morgan fingerprint density at radius 2 is 2.22 bits per heavy atom. The van der Waals surface area contributed by atoms with Crippen molar-refractivity contribution >= 4 is 29.0 Å². The van der Waals surface area contributed by atoms with Gasteiger partial charge >= 0.3 is 0 Å². The van der Waals surface area contributed by atoms with Crippen LogP contribution in [0.1, 0.15) is 19.8 Å². The number of rotatable bonds is 2. The Morgan fingerprint density at radius 1 is 1.56 bits per heavy atom. The molecule has 1 aliphatic rings. The Balaban J connectivity index is 1.99. The number of halogens is 1. The smallest absolute Gasteiger partial charge is 0.217 e. The lowest BCUT2D eigenvalue weighted by Crippen LogP contribution is -2.44. The molecule has 1 fully saturated rings. The van der Waals surface area contributed by atoms with Gasteiger partial charge in [0.25, 0.3) is 0 Å². The van der Waals surface area contributed by atoms with Crippen LogP contribution in [0, 0.1) is 0 Å². The van der Waals surface area contributed by atoms with Crippen molar-refractivity contribution in [2.75, 3.05) is 23.7 Å². The number of hydrogen-bond donors (Lipinski definition) is 2. The third kappa shape index (κ3) is 3.04. The fourth-order valence-corrected chi connectivity index (χ4v) is 2.40. The van der Waals surface area contributed by atoms with E-state index < -0.39 is 0 Å². The predicted molar refractivity (Wildman–Crippen MR) is 72.7 cm³/mol. The first kappa shape index (κ1) is 13.0. The van der Waals surface area contributed by atoms with Crippen molar-refractivity contribution in [1.82, 2.24) is 10.3 Å². The normalized spacial score (nSPS) is 16.7. The van der Waals surface area contributed by atoms with E-state index in [4.69, 9.17) is 17.3 Å². The van der Waals surface area contributed by atoms with Crippen LogP contribution in [0.5, 0.6) is 0 Å². The number of pyridine rings is 1. The topological polar surface area (TPSA) is 71.2 Å². The van der Waals surface area contributed by atoms with Crippen LogP contribution in [0.3, 0.4) is 0 Å². The number of carbonyl (C=O) groups is 1. The predicted octanol–water partition coefficient (Wildman–Crippen LogP) is 1.42. The molecule has 5 nitrogen and oxygen atoms in total. The summed E-state index contributed by atoms with van der Waals surface area (Å²) >= 11 is 5.83. The number of anilines is 2. The number of hydrogen-bond acceptors (Lipinski definition) is 4.